The first-order chi connectivity index (χ1) is 15.9. The van der Waals surface area contributed by atoms with Crippen LogP contribution >= 0.6 is 11.3 Å². The molecule has 2 aromatic carbocycles. The number of piperazine rings is 1. The molecule has 0 atom stereocenters. The van der Waals surface area contributed by atoms with Crippen LogP contribution in [0.25, 0.3) is 16.6 Å². The third-order valence-electron chi connectivity index (χ3n) is 5.40. The van der Waals surface area contributed by atoms with Crippen LogP contribution in [0.4, 0.5) is 0 Å². The standard InChI is InChI=1S/C24H25N3O4S2/c1-31-22-9-7-20(8-10-22)24-25-21(18-32-24)17-23(28)26-12-14-27(15-13-26)33(29,30)16-11-19-5-3-2-4-6-19/h2-11,16,18H,12-15,17H2,1H3. The minimum Gasteiger partial charge on any atom is -0.497 e. The van der Waals surface area contributed by atoms with Gasteiger partial charge in [0.25, 0.3) is 0 Å². The SMILES string of the molecule is COc1ccc(-c2nc(CC(=O)N3CCN(S(=O)(=O)C=Cc4ccccc4)CC3)cs2)cc1. The highest BCUT2D eigenvalue weighted by Gasteiger charge is 2.27. The number of carbonyl (C=O) groups is 1. The average Bonchev–Trinajstić information content (AvgIpc) is 3.32. The number of rotatable bonds is 7. The largest absolute Gasteiger partial charge is 0.497 e. The summed E-state index contributed by atoms with van der Waals surface area (Å²) in [4.78, 5) is 19.1. The molecule has 0 N–H and O–H groups in total. The van der Waals surface area contributed by atoms with Gasteiger partial charge < -0.3 is 9.64 Å². The molecule has 172 valence electrons. The average molecular weight is 484 g/mol. The Kier molecular flexibility index (Phi) is 7.22. The first-order valence-corrected chi connectivity index (χ1v) is 12.9. The van der Waals surface area contributed by atoms with Crippen molar-refractivity contribution in [3.63, 3.8) is 0 Å². The van der Waals surface area contributed by atoms with E-state index in [-0.39, 0.29) is 25.4 Å². The second-order valence-corrected chi connectivity index (χ2v) is 10.3. The summed E-state index contributed by atoms with van der Waals surface area (Å²) >= 11 is 1.49. The van der Waals surface area contributed by atoms with Gasteiger partial charge in [0.2, 0.25) is 15.9 Å². The predicted molar refractivity (Wildman–Crippen MR) is 130 cm³/mol. The molecular weight excluding hydrogens is 458 g/mol. The molecule has 4 rings (SSSR count). The molecule has 3 aromatic rings. The van der Waals surface area contributed by atoms with Crippen molar-refractivity contribution in [1.82, 2.24) is 14.2 Å². The lowest BCUT2D eigenvalue weighted by atomic mass is 10.2. The fourth-order valence-electron chi connectivity index (χ4n) is 3.53. The Bertz CT molecular complexity index is 1210. The van der Waals surface area contributed by atoms with Gasteiger partial charge in [-0.15, -0.1) is 11.3 Å². The first-order valence-electron chi connectivity index (χ1n) is 10.5. The number of hydrogen-bond acceptors (Lipinski definition) is 6. The minimum atomic E-state index is -3.53. The Balaban J connectivity index is 1.31. The summed E-state index contributed by atoms with van der Waals surface area (Å²) in [6.07, 6.45) is 1.79. The minimum absolute atomic E-state index is 0.0431. The van der Waals surface area contributed by atoms with E-state index in [2.05, 4.69) is 4.98 Å². The van der Waals surface area contributed by atoms with Gasteiger partial charge in [0.1, 0.15) is 10.8 Å². The molecule has 33 heavy (non-hydrogen) atoms. The Morgan fingerprint density at radius 1 is 1.06 bits per heavy atom. The maximum Gasteiger partial charge on any atom is 0.236 e. The van der Waals surface area contributed by atoms with Gasteiger partial charge in [0.05, 0.1) is 19.2 Å². The molecule has 0 spiro atoms. The number of methoxy groups -OCH3 is 1. The van der Waals surface area contributed by atoms with Gasteiger partial charge in [0, 0.05) is 42.5 Å². The molecule has 2 heterocycles. The van der Waals surface area contributed by atoms with Gasteiger partial charge in [-0.3, -0.25) is 4.79 Å². The highest BCUT2D eigenvalue weighted by molar-refractivity contribution is 7.92. The van der Waals surface area contributed by atoms with E-state index in [1.807, 2.05) is 60.0 Å². The van der Waals surface area contributed by atoms with E-state index in [0.29, 0.717) is 13.1 Å². The third-order valence-corrected chi connectivity index (χ3v) is 7.91. The van der Waals surface area contributed by atoms with Crippen LogP contribution in [0.5, 0.6) is 5.75 Å². The number of ether oxygens (including phenoxy) is 1. The van der Waals surface area contributed by atoms with E-state index < -0.39 is 10.0 Å². The van der Waals surface area contributed by atoms with Crippen LogP contribution in [0.1, 0.15) is 11.3 Å². The maximum atomic E-state index is 12.8. The fraction of sp³-hybridized carbons (Fsp3) is 0.250. The second-order valence-electron chi connectivity index (χ2n) is 7.59. The molecule has 0 bridgehead atoms. The topological polar surface area (TPSA) is 79.8 Å². The van der Waals surface area contributed by atoms with Crippen molar-refractivity contribution < 1.29 is 17.9 Å². The predicted octanol–water partition coefficient (Wildman–Crippen LogP) is 3.51. The van der Waals surface area contributed by atoms with Crippen molar-refractivity contribution in [2.75, 3.05) is 33.3 Å². The zero-order chi connectivity index (χ0) is 23.3. The number of benzene rings is 2. The van der Waals surface area contributed by atoms with Gasteiger partial charge in [-0.25, -0.2) is 13.4 Å². The molecule has 1 amide bonds. The van der Waals surface area contributed by atoms with E-state index in [9.17, 15) is 13.2 Å². The van der Waals surface area contributed by atoms with E-state index >= 15 is 0 Å². The molecule has 1 aliphatic rings. The van der Waals surface area contributed by atoms with Crippen molar-refractivity contribution in [3.8, 4) is 16.3 Å². The van der Waals surface area contributed by atoms with Gasteiger partial charge in [0.15, 0.2) is 0 Å². The second kappa shape index (κ2) is 10.3. The number of sulfonamides is 1. The smallest absolute Gasteiger partial charge is 0.236 e. The third kappa shape index (κ3) is 5.87. The van der Waals surface area contributed by atoms with Crippen molar-refractivity contribution in [2.24, 2.45) is 0 Å². The number of nitrogens with zero attached hydrogens (tertiary/aromatic N) is 3. The van der Waals surface area contributed by atoms with Gasteiger partial charge in [-0.1, -0.05) is 30.3 Å². The molecule has 1 aliphatic heterocycles. The molecule has 0 saturated carbocycles. The summed E-state index contributed by atoms with van der Waals surface area (Å²) in [5.74, 6) is 0.737. The lowest BCUT2D eigenvalue weighted by Crippen LogP contribution is -2.50. The number of carbonyl (C=O) groups excluding carboxylic acids is 1. The van der Waals surface area contributed by atoms with E-state index in [1.165, 1.54) is 21.1 Å². The van der Waals surface area contributed by atoms with Crippen molar-refractivity contribution in [1.29, 1.82) is 0 Å². The Labute approximate surface area is 198 Å². The number of hydrogen-bond donors (Lipinski definition) is 0. The first kappa shape index (κ1) is 23.2. The summed E-state index contributed by atoms with van der Waals surface area (Å²) in [6, 6.07) is 16.9. The Morgan fingerprint density at radius 3 is 2.42 bits per heavy atom. The van der Waals surface area contributed by atoms with Crippen molar-refractivity contribution in [3.05, 3.63) is 76.6 Å². The maximum absolute atomic E-state index is 12.8. The summed E-state index contributed by atoms with van der Waals surface area (Å²) in [7, 11) is -1.90. The summed E-state index contributed by atoms with van der Waals surface area (Å²) < 4.78 is 31.8. The molecule has 1 saturated heterocycles. The molecule has 1 aromatic heterocycles. The molecule has 7 nitrogen and oxygen atoms in total. The van der Waals surface area contributed by atoms with E-state index in [1.54, 1.807) is 18.1 Å². The number of thiazole rings is 1. The number of amides is 1. The number of aromatic nitrogens is 1. The van der Waals surface area contributed by atoms with Crippen LogP contribution in [-0.2, 0) is 21.2 Å². The van der Waals surface area contributed by atoms with Crippen LogP contribution in [0.2, 0.25) is 0 Å². The Hall–Kier alpha value is -3.01. The van der Waals surface area contributed by atoms with E-state index in [4.69, 9.17) is 4.74 Å². The van der Waals surface area contributed by atoms with Gasteiger partial charge in [-0.05, 0) is 35.9 Å². The molecule has 1 fully saturated rings. The fourth-order valence-corrected chi connectivity index (χ4v) is 5.53. The summed E-state index contributed by atoms with van der Waals surface area (Å²) in [5.41, 5.74) is 2.52. The van der Waals surface area contributed by atoms with E-state index in [0.717, 1.165) is 27.6 Å². The highest BCUT2D eigenvalue weighted by atomic mass is 32.2. The zero-order valence-corrected chi connectivity index (χ0v) is 19.9. The van der Waals surface area contributed by atoms with Gasteiger partial charge in [-0.2, -0.15) is 4.31 Å². The Morgan fingerprint density at radius 2 is 1.76 bits per heavy atom. The lowest BCUT2D eigenvalue weighted by Gasteiger charge is -2.33. The van der Waals surface area contributed by atoms with Crippen molar-refractivity contribution >= 4 is 33.3 Å². The molecular formula is C24H25N3O4S2. The van der Waals surface area contributed by atoms with Gasteiger partial charge >= 0.3 is 0 Å². The van der Waals surface area contributed by atoms with Crippen LogP contribution < -0.4 is 4.74 Å². The van der Waals surface area contributed by atoms with Crippen LogP contribution in [0.3, 0.4) is 0 Å². The van der Waals surface area contributed by atoms with Crippen LogP contribution in [0.15, 0.2) is 65.4 Å². The molecule has 0 unspecified atom stereocenters. The lowest BCUT2D eigenvalue weighted by molar-refractivity contribution is -0.131. The molecule has 0 radical (unpaired) electrons. The summed E-state index contributed by atoms with van der Waals surface area (Å²) in [6.45, 7) is 1.29. The molecule has 0 aliphatic carbocycles. The quantitative estimate of drug-likeness (QED) is 0.514. The molecule has 9 heteroatoms. The van der Waals surface area contributed by atoms with Crippen LogP contribution in [0, 0.1) is 0 Å². The highest BCUT2D eigenvalue weighted by Crippen LogP contribution is 2.26. The van der Waals surface area contributed by atoms with Crippen molar-refractivity contribution in [2.45, 2.75) is 6.42 Å². The van der Waals surface area contributed by atoms with Crippen LogP contribution in [-0.4, -0.2) is 61.8 Å². The normalized spacial score (nSPS) is 15.1. The zero-order valence-electron chi connectivity index (χ0n) is 18.3. The summed E-state index contributed by atoms with van der Waals surface area (Å²) in [5, 5.41) is 3.98. The monoisotopic (exact) mass is 483 g/mol.